The van der Waals surface area contributed by atoms with Crippen LogP contribution in [0.5, 0.6) is 0 Å². The molecular formula is C22H33N3O5. The third-order valence-corrected chi connectivity index (χ3v) is 4.36. The van der Waals surface area contributed by atoms with E-state index in [0.29, 0.717) is 17.9 Å². The Labute approximate surface area is 178 Å². The molecule has 3 N–H and O–H groups in total. The van der Waals surface area contributed by atoms with E-state index in [-0.39, 0.29) is 12.5 Å². The molecular weight excluding hydrogens is 386 g/mol. The first kappa shape index (κ1) is 25.3. The number of hydrogen-bond acceptors (Lipinski definition) is 6. The van der Waals surface area contributed by atoms with Crippen molar-refractivity contribution >= 4 is 23.5 Å². The fourth-order valence-electron chi connectivity index (χ4n) is 2.67. The van der Waals surface area contributed by atoms with Crippen molar-refractivity contribution in [2.75, 3.05) is 32.1 Å². The van der Waals surface area contributed by atoms with Crippen LogP contribution in [0, 0.1) is 0 Å². The van der Waals surface area contributed by atoms with Crippen LogP contribution in [0.25, 0.3) is 0 Å². The average Bonchev–Trinajstić information content (AvgIpc) is 2.75. The van der Waals surface area contributed by atoms with Gasteiger partial charge in [0.2, 0.25) is 5.91 Å². The molecule has 0 bridgehead atoms. The predicted molar refractivity (Wildman–Crippen MR) is 115 cm³/mol. The number of unbranched alkanes of at least 4 members (excludes halogenated alkanes) is 4. The summed E-state index contributed by atoms with van der Waals surface area (Å²) in [5.74, 6) is -1.24. The maximum Gasteiger partial charge on any atom is 0.330 e. The predicted octanol–water partition coefficient (Wildman–Crippen LogP) is 2.89. The minimum absolute atomic E-state index is 0.0476. The van der Waals surface area contributed by atoms with Gasteiger partial charge < -0.3 is 15.4 Å². The van der Waals surface area contributed by atoms with Gasteiger partial charge in [0.25, 0.3) is 5.91 Å². The zero-order chi connectivity index (χ0) is 22.0. The number of amides is 2. The number of carbonyl (C=O) groups is 3. The zero-order valence-corrected chi connectivity index (χ0v) is 17.6. The van der Waals surface area contributed by atoms with Gasteiger partial charge in [-0.3, -0.25) is 14.8 Å². The fourth-order valence-corrected chi connectivity index (χ4v) is 2.67. The lowest BCUT2D eigenvalue weighted by atomic mass is 10.2. The molecule has 0 aliphatic heterocycles. The number of carbonyl (C=O) groups excluding carboxylic acids is 3. The molecule has 0 aliphatic carbocycles. The highest BCUT2D eigenvalue weighted by Crippen LogP contribution is 2.07. The van der Waals surface area contributed by atoms with E-state index in [9.17, 15) is 19.6 Å². The summed E-state index contributed by atoms with van der Waals surface area (Å²) >= 11 is 0. The van der Waals surface area contributed by atoms with Crippen LogP contribution in [0.3, 0.4) is 0 Å². The van der Waals surface area contributed by atoms with Crippen LogP contribution < -0.4 is 10.6 Å². The Hall–Kier alpha value is -2.71. The molecule has 0 atom stereocenters. The number of benzene rings is 1. The molecule has 0 spiro atoms. The van der Waals surface area contributed by atoms with E-state index in [1.807, 2.05) is 30.3 Å². The highest BCUT2D eigenvalue weighted by Gasteiger charge is 2.07. The second-order valence-corrected chi connectivity index (χ2v) is 6.85. The number of para-hydroxylation sites is 1. The summed E-state index contributed by atoms with van der Waals surface area (Å²) in [5, 5.41) is 16.4. The second-order valence-electron chi connectivity index (χ2n) is 6.85. The molecule has 1 aromatic carbocycles. The number of nitrogens with one attached hydrogen (secondary N) is 2. The molecule has 30 heavy (non-hydrogen) atoms. The van der Waals surface area contributed by atoms with Crippen molar-refractivity contribution in [1.82, 2.24) is 10.4 Å². The fraction of sp³-hybridized carbons (Fsp3) is 0.500. The van der Waals surface area contributed by atoms with Gasteiger partial charge in [0.15, 0.2) is 0 Å². The molecule has 0 radical (unpaired) electrons. The molecule has 0 saturated carbocycles. The van der Waals surface area contributed by atoms with Crippen LogP contribution in [0.1, 0.15) is 44.9 Å². The first-order valence-electron chi connectivity index (χ1n) is 10.3. The van der Waals surface area contributed by atoms with Gasteiger partial charge in [0, 0.05) is 30.8 Å². The van der Waals surface area contributed by atoms with E-state index < -0.39 is 11.9 Å². The molecule has 0 heterocycles. The Bertz CT molecular complexity index is 664. The molecule has 0 fully saturated rings. The SMILES string of the molecule is COC(=O)/C=C/C(=O)N(O)CCCCCNCCCCCC(=O)Nc1ccccc1. The number of methoxy groups -OCH3 is 1. The van der Waals surface area contributed by atoms with Crippen molar-refractivity contribution in [3.63, 3.8) is 0 Å². The monoisotopic (exact) mass is 419 g/mol. The van der Waals surface area contributed by atoms with Gasteiger partial charge in [0.1, 0.15) is 0 Å². The maximum absolute atomic E-state index is 11.8. The summed E-state index contributed by atoms with van der Waals surface area (Å²) in [6.07, 6.45) is 7.86. The maximum atomic E-state index is 11.8. The minimum Gasteiger partial charge on any atom is -0.466 e. The molecule has 0 saturated heterocycles. The number of nitrogens with zero attached hydrogens (tertiary/aromatic N) is 1. The number of ether oxygens (including phenoxy) is 1. The first-order chi connectivity index (χ1) is 14.5. The molecule has 1 rings (SSSR count). The topological polar surface area (TPSA) is 108 Å². The summed E-state index contributed by atoms with van der Waals surface area (Å²) in [7, 11) is 1.22. The normalized spacial score (nSPS) is 10.7. The number of hydroxylamine groups is 2. The van der Waals surface area contributed by atoms with Gasteiger partial charge >= 0.3 is 5.97 Å². The lowest BCUT2D eigenvalue weighted by Crippen LogP contribution is -2.27. The molecule has 0 aromatic heterocycles. The van der Waals surface area contributed by atoms with Crippen LogP contribution in [0.2, 0.25) is 0 Å². The third-order valence-electron chi connectivity index (χ3n) is 4.36. The lowest BCUT2D eigenvalue weighted by Gasteiger charge is -2.12. The van der Waals surface area contributed by atoms with Gasteiger partial charge in [-0.2, -0.15) is 0 Å². The van der Waals surface area contributed by atoms with Gasteiger partial charge in [-0.15, -0.1) is 0 Å². The van der Waals surface area contributed by atoms with Crippen molar-refractivity contribution < 1.29 is 24.3 Å². The quantitative estimate of drug-likeness (QED) is 0.133. The van der Waals surface area contributed by atoms with Crippen molar-refractivity contribution in [3.05, 3.63) is 42.5 Å². The highest BCUT2D eigenvalue weighted by atomic mass is 16.5. The number of rotatable bonds is 15. The van der Waals surface area contributed by atoms with Crippen molar-refractivity contribution in [1.29, 1.82) is 0 Å². The van der Waals surface area contributed by atoms with E-state index in [0.717, 1.165) is 63.0 Å². The van der Waals surface area contributed by atoms with E-state index in [1.165, 1.54) is 7.11 Å². The minimum atomic E-state index is -0.643. The zero-order valence-electron chi connectivity index (χ0n) is 17.6. The standard InChI is InChI=1S/C22H33N3O5/c1-30-22(28)15-14-21(27)25(29)18-10-4-9-17-23-16-8-3-7-13-20(26)24-19-11-5-2-6-12-19/h2,5-6,11-12,14-15,23,29H,3-4,7-10,13,16-18H2,1H3,(H,24,26)/b15-14+. The Morgan fingerprint density at radius 1 is 0.967 bits per heavy atom. The molecule has 0 aliphatic rings. The molecule has 1 aromatic rings. The van der Waals surface area contributed by atoms with E-state index in [1.54, 1.807) is 0 Å². The van der Waals surface area contributed by atoms with Gasteiger partial charge in [-0.05, 0) is 50.9 Å². The lowest BCUT2D eigenvalue weighted by molar-refractivity contribution is -0.159. The molecule has 0 unspecified atom stereocenters. The van der Waals surface area contributed by atoms with Gasteiger partial charge in [-0.25, -0.2) is 9.86 Å². The summed E-state index contributed by atoms with van der Waals surface area (Å²) < 4.78 is 4.38. The van der Waals surface area contributed by atoms with Crippen molar-refractivity contribution in [2.45, 2.75) is 44.9 Å². The Morgan fingerprint density at radius 3 is 2.30 bits per heavy atom. The first-order valence-corrected chi connectivity index (χ1v) is 10.3. The number of anilines is 1. The van der Waals surface area contributed by atoms with Crippen molar-refractivity contribution in [3.8, 4) is 0 Å². The van der Waals surface area contributed by atoms with Crippen molar-refractivity contribution in [2.24, 2.45) is 0 Å². The average molecular weight is 420 g/mol. The summed E-state index contributed by atoms with van der Waals surface area (Å²) in [6.45, 7) is 1.99. The van der Waals surface area contributed by atoms with Gasteiger partial charge in [0.05, 0.1) is 7.11 Å². The summed E-state index contributed by atoms with van der Waals surface area (Å²) in [5.41, 5.74) is 0.829. The number of esters is 1. The van der Waals surface area contributed by atoms with Crippen LogP contribution in [-0.4, -0.2) is 54.8 Å². The molecule has 2 amide bonds. The third kappa shape index (κ3) is 12.7. The van der Waals surface area contributed by atoms with Crippen LogP contribution in [0.15, 0.2) is 42.5 Å². The Balaban J connectivity index is 1.91. The molecule has 8 heteroatoms. The van der Waals surface area contributed by atoms with Crippen LogP contribution in [-0.2, 0) is 19.1 Å². The number of hydrogen-bond donors (Lipinski definition) is 3. The summed E-state index contributed by atoms with van der Waals surface area (Å²) in [4.78, 5) is 34.3. The largest absolute Gasteiger partial charge is 0.466 e. The molecule has 8 nitrogen and oxygen atoms in total. The van der Waals surface area contributed by atoms with Crippen LogP contribution >= 0.6 is 0 Å². The van der Waals surface area contributed by atoms with E-state index in [4.69, 9.17) is 0 Å². The second kappa shape index (κ2) is 16.1. The van der Waals surface area contributed by atoms with E-state index >= 15 is 0 Å². The summed E-state index contributed by atoms with van der Waals surface area (Å²) in [6, 6.07) is 9.45. The highest BCUT2D eigenvalue weighted by molar-refractivity contribution is 5.94. The van der Waals surface area contributed by atoms with Crippen LogP contribution in [0.4, 0.5) is 5.69 Å². The molecule has 166 valence electrons. The smallest absolute Gasteiger partial charge is 0.330 e. The van der Waals surface area contributed by atoms with Gasteiger partial charge in [-0.1, -0.05) is 31.0 Å². The van der Waals surface area contributed by atoms with E-state index in [2.05, 4.69) is 15.4 Å². The Kier molecular flexibility index (Phi) is 13.6. The Morgan fingerprint density at radius 2 is 1.63 bits per heavy atom.